The molecule has 1 N–H and O–H groups in total. The van der Waals surface area contributed by atoms with Gasteiger partial charge in [-0.25, -0.2) is 8.42 Å². The molecule has 0 saturated carbocycles. The highest BCUT2D eigenvalue weighted by atomic mass is 35.5. The summed E-state index contributed by atoms with van der Waals surface area (Å²) >= 11 is 6.20. The minimum Gasteiger partial charge on any atom is -0.339 e. The first-order chi connectivity index (χ1) is 12.2. The predicted molar refractivity (Wildman–Crippen MR) is 105 cm³/mol. The van der Waals surface area contributed by atoms with Gasteiger partial charge in [-0.05, 0) is 63.1 Å². The number of carbonyl (C=O) groups is 1. The van der Waals surface area contributed by atoms with Crippen LogP contribution in [-0.2, 0) is 10.0 Å². The molecule has 0 aliphatic heterocycles. The Morgan fingerprint density at radius 3 is 2.35 bits per heavy atom. The standard InChI is InChI=1S/C19H23ClN2O3S/c1-5-22(6-2)19(23)15-8-7-9-16(12-15)26(24,25)21-18-14(4)10-13(3)11-17(18)20/h7-12,21H,5-6H2,1-4H3. The van der Waals surface area contributed by atoms with Crippen molar-refractivity contribution < 1.29 is 13.2 Å². The Morgan fingerprint density at radius 2 is 1.77 bits per heavy atom. The fraction of sp³-hybridized carbons (Fsp3) is 0.316. The topological polar surface area (TPSA) is 66.5 Å². The van der Waals surface area contributed by atoms with Gasteiger partial charge in [0.05, 0.1) is 15.6 Å². The number of anilines is 1. The van der Waals surface area contributed by atoms with E-state index in [1.807, 2.05) is 26.8 Å². The molecule has 0 fully saturated rings. The molecule has 7 heteroatoms. The third-order valence-corrected chi connectivity index (χ3v) is 5.76. The van der Waals surface area contributed by atoms with Gasteiger partial charge < -0.3 is 4.90 Å². The summed E-state index contributed by atoms with van der Waals surface area (Å²) in [6.45, 7) is 8.55. The molecule has 0 spiro atoms. The monoisotopic (exact) mass is 394 g/mol. The number of sulfonamides is 1. The van der Waals surface area contributed by atoms with E-state index in [1.54, 1.807) is 30.0 Å². The van der Waals surface area contributed by atoms with Gasteiger partial charge in [0.25, 0.3) is 15.9 Å². The van der Waals surface area contributed by atoms with Gasteiger partial charge in [-0.1, -0.05) is 23.7 Å². The first kappa shape index (κ1) is 20.3. The van der Waals surface area contributed by atoms with E-state index >= 15 is 0 Å². The van der Waals surface area contributed by atoms with E-state index < -0.39 is 10.0 Å². The first-order valence-corrected chi connectivity index (χ1v) is 10.2. The van der Waals surface area contributed by atoms with Crippen LogP contribution < -0.4 is 4.72 Å². The molecule has 2 aromatic rings. The van der Waals surface area contributed by atoms with Crippen LogP contribution >= 0.6 is 11.6 Å². The number of halogens is 1. The highest BCUT2D eigenvalue weighted by Crippen LogP contribution is 2.29. The second-order valence-corrected chi connectivity index (χ2v) is 8.14. The third-order valence-electron chi connectivity index (χ3n) is 4.11. The summed E-state index contributed by atoms with van der Waals surface area (Å²) in [4.78, 5) is 14.1. The molecule has 0 heterocycles. The van der Waals surface area contributed by atoms with Crippen LogP contribution in [0.15, 0.2) is 41.3 Å². The number of carbonyl (C=O) groups excluding carboxylic acids is 1. The second kappa shape index (κ2) is 8.10. The Labute approximate surface area is 160 Å². The van der Waals surface area contributed by atoms with Crippen LogP contribution in [0.3, 0.4) is 0 Å². The van der Waals surface area contributed by atoms with Crippen molar-refractivity contribution in [1.82, 2.24) is 4.90 Å². The van der Waals surface area contributed by atoms with Gasteiger partial charge in [0.1, 0.15) is 0 Å². The van der Waals surface area contributed by atoms with Crippen LogP contribution in [0.1, 0.15) is 35.3 Å². The van der Waals surface area contributed by atoms with Crippen LogP contribution in [0.4, 0.5) is 5.69 Å². The lowest BCUT2D eigenvalue weighted by molar-refractivity contribution is 0.0772. The number of amides is 1. The Balaban J connectivity index is 2.39. The average molecular weight is 395 g/mol. The van der Waals surface area contributed by atoms with E-state index in [4.69, 9.17) is 11.6 Å². The van der Waals surface area contributed by atoms with Crippen LogP contribution in [0.25, 0.3) is 0 Å². The SMILES string of the molecule is CCN(CC)C(=O)c1cccc(S(=O)(=O)Nc2c(C)cc(C)cc2Cl)c1. The van der Waals surface area contributed by atoms with Crippen LogP contribution in [0, 0.1) is 13.8 Å². The molecule has 0 radical (unpaired) electrons. The number of nitrogens with one attached hydrogen (secondary N) is 1. The molecule has 0 aliphatic carbocycles. The molecular weight excluding hydrogens is 372 g/mol. The maximum atomic E-state index is 12.8. The van der Waals surface area contributed by atoms with E-state index in [0.29, 0.717) is 29.4 Å². The van der Waals surface area contributed by atoms with Crippen LogP contribution in [-0.4, -0.2) is 32.3 Å². The number of hydrogen-bond acceptors (Lipinski definition) is 3. The number of nitrogens with zero attached hydrogens (tertiary/aromatic N) is 1. The van der Waals surface area contributed by atoms with Crippen LogP contribution in [0.5, 0.6) is 0 Å². The van der Waals surface area contributed by atoms with Gasteiger partial charge in [-0.3, -0.25) is 9.52 Å². The highest BCUT2D eigenvalue weighted by Gasteiger charge is 2.20. The minimum absolute atomic E-state index is 0.0200. The van der Waals surface area contributed by atoms with Gasteiger partial charge in [-0.2, -0.15) is 0 Å². The molecule has 26 heavy (non-hydrogen) atoms. The first-order valence-electron chi connectivity index (χ1n) is 8.38. The summed E-state index contributed by atoms with van der Waals surface area (Å²) < 4.78 is 28.1. The van der Waals surface area contributed by atoms with Crippen molar-refractivity contribution in [2.24, 2.45) is 0 Å². The van der Waals surface area contributed by atoms with E-state index in [0.717, 1.165) is 11.1 Å². The summed E-state index contributed by atoms with van der Waals surface area (Å²) in [5, 5.41) is 0.335. The summed E-state index contributed by atoms with van der Waals surface area (Å²) in [6, 6.07) is 9.58. The predicted octanol–water partition coefficient (Wildman–Crippen LogP) is 4.24. The molecule has 0 saturated heterocycles. The molecule has 0 bridgehead atoms. The zero-order valence-corrected chi connectivity index (χ0v) is 16.9. The molecular formula is C19H23ClN2O3S. The van der Waals surface area contributed by atoms with Gasteiger partial charge in [-0.15, -0.1) is 0 Å². The molecule has 0 unspecified atom stereocenters. The van der Waals surface area contributed by atoms with Gasteiger partial charge in [0.2, 0.25) is 0 Å². The van der Waals surface area contributed by atoms with E-state index in [-0.39, 0.29) is 10.8 Å². The van der Waals surface area contributed by atoms with Crippen molar-refractivity contribution in [3.05, 3.63) is 58.1 Å². The quantitative estimate of drug-likeness (QED) is 0.796. The molecule has 0 aliphatic rings. The number of rotatable bonds is 6. The highest BCUT2D eigenvalue weighted by molar-refractivity contribution is 7.92. The lowest BCUT2D eigenvalue weighted by Gasteiger charge is -2.19. The third kappa shape index (κ3) is 4.37. The largest absolute Gasteiger partial charge is 0.339 e. The minimum atomic E-state index is -3.87. The van der Waals surface area contributed by atoms with E-state index in [2.05, 4.69) is 4.72 Å². The fourth-order valence-electron chi connectivity index (χ4n) is 2.73. The molecule has 2 rings (SSSR count). The number of benzene rings is 2. The molecule has 140 valence electrons. The smallest absolute Gasteiger partial charge is 0.261 e. The van der Waals surface area contributed by atoms with Gasteiger partial charge in [0, 0.05) is 18.7 Å². The Kier molecular flexibility index (Phi) is 6.31. The van der Waals surface area contributed by atoms with Crippen molar-refractivity contribution >= 4 is 33.2 Å². The summed E-state index contributed by atoms with van der Waals surface area (Å²) in [6.07, 6.45) is 0. The maximum Gasteiger partial charge on any atom is 0.261 e. The van der Waals surface area contributed by atoms with Gasteiger partial charge in [0.15, 0.2) is 0 Å². The molecule has 0 aromatic heterocycles. The number of aryl methyl sites for hydroxylation is 2. The number of hydrogen-bond donors (Lipinski definition) is 1. The molecule has 5 nitrogen and oxygen atoms in total. The van der Waals surface area contributed by atoms with Gasteiger partial charge >= 0.3 is 0 Å². The zero-order chi connectivity index (χ0) is 19.5. The molecule has 1 amide bonds. The molecule has 0 atom stereocenters. The Bertz CT molecular complexity index is 899. The van der Waals surface area contributed by atoms with Crippen molar-refractivity contribution in [2.45, 2.75) is 32.6 Å². The summed E-state index contributed by atoms with van der Waals surface area (Å²) in [5.41, 5.74) is 2.36. The van der Waals surface area contributed by atoms with Crippen molar-refractivity contribution in [1.29, 1.82) is 0 Å². The van der Waals surface area contributed by atoms with E-state index in [9.17, 15) is 13.2 Å². The van der Waals surface area contributed by atoms with Crippen molar-refractivity contribution in [3.63, 3.8) is 0 Å². The second-order valence-electron chi connectivity index (χ2n) is 6.05. The van der Waals surface area contributed by atoms with E-state index in [1.165, 1.54) is 12.1 Å². The Morgan fingerprint density at radius 1 is 1.12 bits per heavy atom. The fourth-order valence-corrected chi connectivity index (χ4v) is 4.35. The summed E-state index contributed by atoms with van der Waals surface area (Å²) in [5.74, 6) is -0.198. The maximum absolute atomic E-state index is 12.8. The lowest BCUT2D eigenvalue weighted by Crippen LogP contribution is -2.30. The lowest BCUT2D eigenvalue weighted by atomic mass is 10.1. The normalized spacial score (nSPS) is 11.3. The van der Waals surface area contributed by atoms with Crippen LogP contribution in [0.2, 0.25) is 5.02 Å². The zero-order valence-electron chi connectivity index (χ0n) is 15.3. The summed E-state index contributed by atoms with van der Waals surface area (Å²) in [7, 11) is -3.87. The Hall–Kier alpha value is -2.05. The van der Waals surface area contributed by atoms with Crippen molar-refractivity contribution in [2.75, 3.05) is 17.8 Å². The average Bonchev–Trinajstić information content (AvgIpc) is 2.59. The van der Waals surface area contributed by atoms with Crippen molar-refractivity contribution in [3.8, 4) is 0 Å². The molecule has 2 aromatic carbocycles.